The summed E-state index contributed by atoms with van der Waals surface area (Å²) in [5.41, 5.74) is 0.266. The first-order chi connectivity index (χ1) is 8.56. The second-order valence-electron chi connectivity index (χ2n) is 3.66. The Morgan fingerprint density at radius 3 is 2.06 bits per heavy atom. The number of carbonyl (C=O) groups is 1. The molecule has 0 amide bonds. The Labute approximate surface area is 105 Å². The number of ketones is 1. The molecule has 1 aromatic rings. The number of halogens is 2. The van der Waals surface area contributed by atoms with Crippen molar-refractivity contribution in [3.8, 4) is 0 Å². The molecule has 0 radical (unpaired) electrons. The van der Waals surface area contributed by atoms with Crippen LogP contribution in [-0.2, 0) is 20.7 Å². The normalized spacial score (nSPS) is 10.9. The first-order valence-corrected chi connectivity index (χ1v) is 5.77. The van der Waals surface area contributed by atoms with Gasteiger partial charge in [0, 0.05) is 25.7 Å². The van der Waals surface area contributed by atoms with E-state index < -0.39 is 17.9 Å². The Bertz CT molecular complexity index is 381. The van der Waals surface area contributed by atoms with Crippen molar-refractivity contribution in [2.45, 2.75) is 26.6 Å². The van der Waals surface area contributed by atoms with Crippen LogP contribution < -0.4 is 0 Å². The minimum Gasteiger partial charge on any atom is -0.346 e. The van der Waals surface area contributed by atoms with Gasteiger partial charge in [-0.1, -0.05) is 0 Å². The Morgan fingerprint density at radius 2 is 1.61 bits per heavy atom. The van der Waals surface area contributed by atoms with E-state index in [-0.39, 0.29) is 17.8 Å². The lowest BCUT2D eigenvalue weighted by molar-refractivity contribution is -0.167. The summed E-state index contributed by atoms with van der Waals surface area (Å²) in [6, 6.07) is 3.00. The monoisotopic (exact) mass is 258 g/mol. The molecule has 0 aromatic heterocycles. The third kappa shape index (κ3) is 4.50. The van der Waals surface area contributed by atoms with Crippen LogP contribution in [-0.4, -0.2) is 25.3 Å². The van der Waals surface area contributed by atoms with Gasteiger partial charge in [0.2, 0.25) is 6.29 Å². The topological polar surface area (TPSA) is 35.5 Å². The number of carbonyl (C=O) groups excluding carboxylic acids is 1. The summed E-state index contributed by atoms with van der Waals surface area (Å²) in [6.45, 7) is 4.13. The molecule has 0 atom stereocenters. The number of hydrogen-bond acceptors (Lipinski definition) is 3. The Balaban J connectivity index is 2.72. The molecule has 3 nitrogen and oxygen atoms in total. The molecular formula is C13H16F2O3. The standard InChI is InChI=1S/C13H16F2O3/c1-3-17-13(18-4-2)12(16)7-9-5-10(14)8-11(15)6-9/h5-6,8,13H,3-4,7H2,1-2H3. The molecule has 0 heterocycles. The predicted octanol–water partition coefficient (Wildman–Crippen LogP) is 2.48. The minimum atomic E-state index is -0.980. The third-order valence-corrected chi connectivity index (χ3v) is 2.20. The van der Waals surface area contributed by atoms with Crippen LogP contribution in [0.25, 0.3) is 0 Å². The molecule has 5 heteroatoms. The van der Waals surface area contributed by atoms with E-state index >= 15 is 0 Å². The second-order valence-corrected chi connectivity index (χ2v) is 3.66. The minimum absolute atomic E-state index is 0.126. The summed E-state index contributed by atoms with van der Waals surface area (Å²) < 4.78 is 36.2. The number of Topliss-reactive ketones (excluding diaryl/α,β-unsaturated/α-hetero) is 1. The van der Waals surface area contributed by atoms with Gasteiger partial charge in [-0.25, -0.2) is 8.78 Å². The summed E-state index contributed by atoms with van der Waals surface area (Å²) in [4.78, 5) is 11.8. The highest BCUT2D eigenvalue weighted by Crippen LogP contribution is 2.11. The zero-order valence-electron chi connectivity index (χ0n) is 10.4. The van der Waals surface area contributed by atoms with Crippen molar-refractivity contribution in [2.24, 2.45) is 0 Å². The lowest BCUT2D eigenvalue weighted by Gasteiger charge is -2.15. The molecule has 1 aromatic carbocycles. The van der Waals surface area contributed by atoms with E-state index in [1.807, 2.05) is 0 Å². The van der Waals surface area contributed by atoms with Gasteiger partial charge in [0.25, 0.3) is 0 Å². The summed E-state index contributed by atoms with van der Waals surface area (Å²) in [5.74, 6) is -1.77. The number of benzene rings is 1. The smallest absolute Gasteiger partial charge is 0.218 e. The van der Waals surface area contributed by atoms with E-state index in [0.29, 0.717) is 13.2 Å². The van der Waals surface area contributed by atoms with Crippen LogP contribution in [0, 0.1) is 11.6 Å². The van der Waals surface area contributed by atoms with E-state index in [9.17, 15) is 13.6 Å². The van der Waals surface area contributed by atoms with E-state index in [1.165, 1.54) is 0 Å². The van der Waals surface area contributed by atoms with E-state index in [1.54, 1.807) is 13.8 Å². The maximum Gasteiger partial charge on any atom is 0.218 e. The van der Waals surface area contributed by atoms with Crippen molar-refractivity contribution in [3.63, 3.8) is 0 Å². The second kappa shape index (κ2) is 7.18. The van der Waals surface area contributed by atoms with Crippen LogP contribution in [0.3, 0.4) is 0 Å². The summed E-state index contributed by atoms with van der Waals surface area (Å²) in [5, 5.41) is 0. The van der Waals surface area contributed by atoms with Gasteiger partial charge < -0.3 is 9.47 Å². The van der Waals surface area contributed by atoms with Crippen LogP contribution in [0.1, 0.15) is 19.4 Å². The van der Waals surface area contributed by atoms with E-state index in [2.05, 4.69) is 0 Å². The maximum absolute atomic E-state index is 13.0. The van der Waals surface area contributed by atoms with Crippen molar-refractivity contribution >= 4 is 5.78 Å². The lowest BCUT2D eigenvalue weighted by atomic mass is 10.1. The van der Waals surface area contributed by atoms with Gasteiger partial charge in [-0.3, -0.25) is 4.79 Å². The van der Waals surface area contributed by atoms with Gasteiger partial charge in [0.1, 0.15) is 11.6 Å². The molecule has 0 spiro atoms. The molecule has 0 N–H and O–H groups in total. The summed E-state index contributed by atoms with van der Waals surface area (Å²) in [7, 11) is 0. The molecule has 0 saturated heterocycles. The number of hydrogen-bond donors (Lipinski definition) is 0. The average molecular weight is 258 g/mol. The number of rotatable bonds is 7. The van der Waals surface area contributed by atoms with Gasteiger partial charge in [-0.2, -0.15) is 0 Å². The fraction of sp³-hybridized carbons (Fsp3) is 0.462. The summed E-state index contributed by atoms with van der Waals surface area (Å²) >= 11 is 0. The molecule has 1 rings (SSSR count). The van der Waals surface area contributed by atoms with Crippen LogP contribution in [0.2, 0.25) is 0 Å². The predicted molar refractivity (Wildman–Crippen MR) is 62.1 cm³/mol. The zero-order valence-corrected chi connectivity index (χ0v) is 10.4. The van der Waals surface area contributed by atoms with Crippen LogP contribution in [0.15, 0.2) is 18.2 Å². The molecule has 0 aliphatic carbocycles. The van der Waals surface area contributed by atoms with Gasteiger partial charge in [-0.05, 0) is 31.5 Å². The van der Waals surface area contributed by atoms with Crippen molar-refractivity contribution in [3.05, 3.63) is 35.4 Å². The fourth-order valence-corrected chi connectivity index (χ4v) is 1.53. The van der Waals surface area contributed by atoms with E-state index in [4.69, 9.17) is 9.47 Å². The van der Waals surface area contributed by atoms with Gasteiger partial charge >= 0.3 is 0 Å². The van der Waals surface area contributed by atoms with Crippen molar-refractivity contribution in [2.75, 3.05) is 13.2 Å². The Kier molecular flexibility index (Phi) is 5.88. The highest BCUT2D eigenvalue weighted by molar-refractivity contribution is 5.84. The van der Waals surface area contributed by atoms with Crippen molar-refractivity contribution in [1.29, 1.82) is 0 Å². The van der Waals surface area contributed by atoms with Gasteiger partial charge in [0.15, 0.2) is 5.78 Å². The zero-order chi connectivity index (χ0) is 13.5. The van der Waals surface area contributed by atoms with E-state index in [0.717, 1.165) is 18.2 Å². The first-order valence-electron chi connectivity index (χ1n) is 5.77. The molecule has 0 unspecified atom stereocenters. The molecule has 0 bridgehead atoms. The molecular weight excluding hydrogens is 242 g/mol. The maximum atomic E-state index is 13.0. The molecule has 0 saturated carbocycles. The Morgan fingerprint density at radius 1 is 1.11 bits per heavy atom. The molecule has 0 aliphatic rings. The highest BCUT2D eigenvalue weighted by atomic mass is 19.1. The fourth-order valence-electron chi connectivity index (χ4n) is 1.53. The molecule has 0 aliphatic heterocycles. The Hall–Kier alpha value is -1.33. The highest BCUT2D eigenvalue weighted by Gasteiger charge is 2.19. The summed E-state index contributed by atoms with van der Waals surface area (Å²) in [6.07, 6.45) is -1.11. The van der Waals surface area contributed by atoms with Gasteiger partial charge in [0.05, 0.1) is 0 Å². The molecule has 100 valence electrons. The lowest BCUT2D eigenvalue weighted by Crippen LogP contribution is -2.29. The van der Waals surface area contributed by atoms with Crippen molar-refractivity contribution in [1.82, 2.24) is 0 Å². The number of ether oxygens (including phenoxy) is 2. The largest absolute Gasteiger partial charge is 0.346 e. The molecule has 18 heavy (non-hydrogen) atoms. The molecule has 0 fully saturated rings. The van der Waals surface area contributed by atoms with Crippen molar-refractivity contribution < 1.29 is 23.0 Å². The SMILES string of the molecule is CCOC(OCC)C(=O)Cc1cc(F)cc(F)c1. The third-order valence-electron chi connectivity index (χ3n) is 2.20. The quantitative estimate of drug-likeness (QED) is 0.705. The van der Waals surface area contributed by atoms with Crippen LogP contribution in [0.5, 0.6) is 0 Å². The van der Waals surface area contributed by atoms with Crippen LogP contribution >= 0.6 is 0 Å². The van der Waals surface area contributed by atoms with Gasteiger partial charge in [-0.15, -0.1) is 0 Å². The average Bonchev–Trinajstić information content (AvgIpc) is 2.27. The van der Waals surface area contributed by atoms with Crippen LogP contribution in [0.4, 0.5) is 8.78 Å². The first kappa shape index (κ1) is 14.7.